The summed E-state index contributed by atoms with van der Waals surface area (Å²) in [5, 5.41) is 8.74. The van der Waals surface area contributed by atoms with E-state index in [4.69, 9.17) is 0 Å². The van der Waals surface area contributed by atoms with Crippen molar-refractivity contribution in [3.63, 3.8) is 0 Å². The largest absolute Gasteiger partial charge is 0.354 e. The van der Waals surface area contributed by atoms with Crippen molar-refractivity contribution in [2.75, 3.05) is 11.9 Å². The van der Waals surface area contributed by atoms with Gasteiger partial charge in [0.25, 0.3) is 5.91 Å². The molecule has 1 aromatic rings. The Morgan fingerprint density at radius 2 is 1.85 bits per heavy atom. The molecule has 27 heavy (non-hydrogen) atoms. The number of carbonyl (C=O) groups excluding carboxylic acids is 3. The molecule has 0 aromatic heterocycles. The summed E-state index contributed by atoms with van der Waals surface area (Å²) >= 11 is 0. The first-order chi connectivity index (χ1) is 12.9. The van der Waals surface area contributed by atoms with E-state index in [2.05, 4.69) is 22.9 Å². The third-order valence-corrected chi connectivity index (χ3v) is 5.67. The van der Waals surface area contributed by atoms with Crippen LogP contribution in [0.1, 0.15) is 62.7 Å². The zero-order valence-electron chi connectivity index (χ0n) is 16.1. The molecule has 2 fully saturated rings. The number of rotatable bonds is 6. The van der Waals surface area contributed by atoms with Gasteiger partial charge in [-0.1, -0.05) is 32.3 Å². The Labute approximate surface area is 160 Å². The van der Waals surface area contributed by atoms with Crippen LogP contribution in [-0.2, 0) is 9.59 Å². The molecule has 0 spiro atoms. The maximum absolute atomic E-state index is 12.9. The molecule has 2 atom stereocenters. The molecule has 3 N–H and O–H groups in total. The molecule has 3 amide bonds. The number of likely N-dealkylation sites (N-methyl/N-ethyl adjacent to an activating group) is 1. The molecule has 2 saturated carbocycles. The molecule has 0 aliphatic heterocycles. The van der Waals surface area contributed by atoms with E-state index in [-0.39, 0.29) is 23.6 Å². The van der Waals surface area contributed by atoms with Crippen molar-refractivity contribution in [2.45, 2.75) is 57.9 Å². The smallest absolute Gasteiger partial charge is 0.252 e. The minimum Gasteiger partial charge on any atom is -0.354 e. The summed E-state index contributed by atoms with van der Waals surface area (Å²) in [4.78, 5) is 37.6. The molecule has 6 heteroatoms. The second-order valence-electron chi connectivity index (χ2n) is 7.85. The van der Waals surface area contributed by atoms with Gasteiger partial charge in [-0.05, 0) is 50.3 Å². The van der Waals surface area contributed by atoms with Gasteiger partial charge in [-0.2, -0.15) is 0 Å². The van der Waals surface area contributed by atoms with Gasteiger partial charge in [0.1, 0.15) is 5.54 Å². The lowest BCUT2D eigenvalue weighted by Crippen LogP contribution is -2.59. The van der Waals surface area contributed by atoms with E-state index in [1.807, 2.05) is 6.92 Å². The minimum absolute atomic E-state index is 0.00568. The van der Waals surface area contributed by atoms with Gasteiger partial charge in [-0.3, -0.25) is 14.4 Å². The third kappa shape index (κ3) is 4.49. The molecule has 0 saturated heterocycles. The van der Waals surface area contributed by atoms with Crippen LogP contribution < -0.4 is 16.0 Å². The topological polar surface area (TPSA) is 87.3 Å². The maximum Gasteiger partial charge on any atom is 0.252 e. The second kappa shape index (κ2) is 8.11. The molecule has 146 valence electrons. The van der Waals surface area contributed by atoms with Crippen molar-refractivity contribution in [2.24, 2.45) is 11.8 Å². The van der Waals surface area contributed by atoms with Gasteiger partial charge >= 0.3 is 0 Å². The number of carbonyl (C=O) groups is 3. The van der Waals surface area contributed by atoms with Crippen molar-refractivity contribution in [3.8, 4) is 0 Å². The van der Waals surface area contributed by atoms with Gasteiger partial charge < -0.3 is 16.0 Å². The fraction of sp³-hybridized carbons (Fsp3) is 0.571. The van der Waals surface area contributed by atoms with Gasteiger partial charge in [-0.25, -0.2) is 0 Å². The third-order valence-electron chi connectivity index (χ3n) is 5.67. The molecular weight excluding hydrogens is 342 g/mol. The monoisotopic (exact) mass is 371 g/mol. The second-order valence-corrected chi connectivity index (χ2v) is 7.85. The molecular formula is C21H29N3O3. The normalized spacial score (nSPS) is 23.2. The van der Waals surface area contributed by atoms with Crippen LogP contribution in [0.3, 0.4) is 0 Å². The number of amides is 3. The highest BCUT2D eigenvalue weighted by atomic mass is 16.2. The maximum atomic E-state index is 12.9. The van der Waals surface area contributed by atoms with Crippen molar-refractivity contribution in [1.82, 2.24) is 10.6 Å². The van der Waals surface area contributed by atoms with Gasteiger partial charge in [0.05, 0.1) is 0 Å². The summed E-state index contributed by atoms with van der Waals surface area (Å²) in [7, 11) is 0. The van der Waals surface area contributed by atoms with Crippen LogP contribution >= 0.6 is 0 Å². The molecule has 6 nitrogen and oxygen atoms in total. The number of nitrogens with one attached hydrogen (secondary N) is 3. The Kier molecular flexibility index (Phi) is 5.82. The van der Waals surface area contributed by atoms with Gasteiger partial charge in [0.15, 0.2) is 0 Å². The molecule has 0 unspecified atom stereocenters. The Morgan fingerprint density at radius 3 is 2.48 bits per heavy atom. The van der Waals surface area contributed by atoms with Crippen LogP contribution in [0.25, 0.3) is 0 Å². The van der Waals surface area contributed by atoms with Crippen LogP contribution in [0.5, 0.6) is 0 Å². The van der Waals surface area contributed by atoms with Crippen molar-refractivity contribution in [1.29, 1.82) is 0 Å². The minimum atomic E-state index is -0.839. The van der Waals surface area contributed by atoms with Crippen LogP contribution in [-0.4, -0.2) is 29.8 Å². The molecule has 2 aliphatic carbocycles. The van der Waals surface area contributed by atoms with E-state index in [0.717, 1.165) is 25.7 Å². The lowest BCUT2D eigenvalue weighted by Gasteiger charge is -2.36. The Morgan fingerprint density at radius 1 is 1.15 bits per heavy atom. The van der Waals surface area contributed by atoms with Gasteiger partial charge in [0, 0.05) is 23.7 Å². The van der Waals surface area contributed by atoms with E-state index in [0.29, 0.717) is 36.6 Å². The summed E-state index contributed by atoms with van der Waals surface area (Å²) in [6.07, 6.45) is 5.15. The Balaban J connectivity index is 1.71. The first-order valence-corrected chi connectivity index (χ1v) is 9.97. The van der Waals surface area contributed by atoms with E-state index in [9.17, 15) is 14.4 Å². The lowest BCUT2D eigenvalue weighted by molar-refractivity contribution is -0.128. The Bertz CT molecular complexity index is 725. The molecule has 2 aliphatic rings. The highest BCUT2D eigenvalue weighted by molar-refractivity contribution is 6.01. The van der Waals surface area contributed by atoms with Crippen molar-refractivity contribution in [3.05, 3.63) is 29.8 Å². The van der Waals surface area contributed by atoms with E-state index >= 15 is 0 Å². The van der Waals surface area contributed by atoms with Crippen LogP contribution in [0, 0.1) is 11.8 Å². The number of hydrogen-bond acceptors (Lipinski definition) is 3. The number of hydrogen-bond donors (Lipinski definition) is 3. The lowest BCUT2D eigenvalue weighted by atomic mass is 9.80. The molecule has 0 heterocycles. The average Bonchev–Trinajstić information content (AvgIpc) is 3.40. The standard InChI is InChI=1S/C21H29N3O3/c1-3-22-20(27)21(10-5-4-6-11-21)24-18(25)15-8-7-9-16(13-15)23-19(26)17-12-14(17)2/h7-9,13-14,17H,3-6,10-12H2,1-2H3,(H,22,27)(H,23,26)(H,24,25)/t14-,17-/m0/s1. The van der Waals surface area contributed by atoms with Crippen LogP contribution in [0.15, 0.2) is 24.3 Å². The predicted octanol–water partition coefficient (Wildman–Crippen LogP) is 2.85. The molecule has 1 aromatic carbocycles. The van der Waals surface area contributed by atoms with E-state index in [1.54, 1.807) is 24.3 Å². The number of anilines is 1. The first-order valence-electron chi connectivity index (χ1n) is 9.97. The SMILES string of the molecule is CCNC(=O)C1(NC(=O)c2cccc(NC(=O)[C@H]3C[C@@H]3C)c2)CCCCC1. The summed E-state index contributed by atoms with van der Waals surface area (Å²) in [6, 6.07) is 6.91. The highest BCUT2D eigenvalue weighted by Crippen LogP contribution is 2.38. The van der Waals surface area contributed by atoms with Gasteiger partial charge in [-0.15, -0.1) is 0 Å². The fourth-order valence-electron chi connectivity index (χ4n) is 3.84. The zero-order valence-corrected chi connectivity index (χ0v) is 16.1. The van der Waals surface area contributed by atoms with Crippen molar-refractivity contribution >= 4 is 23.4 Å². The predicted molar refractivity (Wildman–Crippen MR) is 104 cm³/mol. The summed E-state index contributed by atoms with van der Waals surface area (Å²) < 4.78 is 0. The van der Waals surface area contributed by atoms with Crippen LogP contribution in [0.4, 0.5) is 5.69 Å². The van der Waals surface area contributed by atoms with E-state index in [1.165, 1.54) is 0 Å². The number of benzene rings is 1. The summed E-state index contributed by atoms with van der Waals surface area (Å²) in [5.41, 5.74) is 0.224. The van der Waals surface area contributed by atoms with Gasteiger partial charge in [0.2, 0.25) is 11.8 Å². The van der Waals surface area contributed by atoms with Crippen LogP contribution in [0.2, 0.25) is 0 Å². The molecule has 0 bridgehead atoms. The first kappa shape index (κ1) is 19.4. The Hall–Kier alpha value is -2.37. The molecule has 3 rings (SSSR count). The van der Waals surface area contributed by atoms with Crippen molar-refractivity contribution < 1.29 is 14.4 Å². The summed E-state index contributed by atoms with van der Waals surface area (Å²) in [5.74, 6) is 0.126. The quantitative estimate of drug-likeness (QED) is 0.718. The fourth-order valence-corrected chi connectivity index (χ4v) is 3.84. The summed E-state index contributed by atoms with van der Waals surface area (Å²) in [6.45, 7) is 4.47. The highest BCUT2D eigenvalue weighted by Gasteiger charge is 2.41. The molecule has 0 radical (unpaired) electrons. The van der Waals surface area contributed by atoms with E-state index < -0.39 is 5.54 Å². The zero-order chi connectivity index (χ0) is 19.4. The average molecular weight is 371 g/mol.